The van der Waals surface area contributed by atoms with Crippen LogP contribution in [0.4, 0.5) is 4.79 Å². The maximum atomic E-state index is 12.4. The Morgan fingerprint density at radius 1 is 1.20 bits per heavy atom. The zero-order valence-corrected chi connectivity index (χ0v) is 14.8. The van der Waals surface area contributed by atoms with Crippen LogP contribution in [-0.2, 0) is 6.54 Å². The molecule has 1 N–H and O–H groups in total. The standard InChI is InChI=1S/C21H26N2O2/c1-17-7-5-11-20(13-17)25-16-19-10-6-12-23(15-19)21(24)22-14-18-8-3-2-4-9-18/h2-5,7-9,11,13,19H,6,10,12,14-16H2,1H3,(H,22,24). The first-order valence-electron chi connectivity index (χ1n) is 8.97. The summed E-state index contributed by atoms with van der Waals surface area (Å²) in [5.41, 5.74) is 2.32. The van der Waals surface area contributed by atoms with E-state index < -0.39 is 0 Å². The van der Waals surface area contributed by atoms with Crippen LogP contribution in [0, 0.1) is 12.8 Å². The van der Waals surface area contributed by atoms with E-state index in [1.807, 2.05) is 53.4 Å². The van der Waals surface area contributed by atoms with Crippen molar-refractivity contribution in [2.24, 2.45) is 5.92 Å². The predicted octanol–water partition coefficient (Wildman–Crippen LogP) is 4.00. The lowest BCUT2D eigenvalue weighted by Crippen LogP contribution is -2.46. The minimum atomic E-state index is 0.0177. The minimum Gasteiger partial charge on any atom is -0.493 e. The fraction of sp³-hybridized carbons (Fsp3) is 0.381. The third-order valence-corrected chi connectivity index (χ3v) is 4.57. The molecule has 4 nitrogen and oxygen atoms in total. The van der Waals surface area contributed by atoms with Crippen LogP contribution >= 0.6 is 0 Å². The number of likely N-dealkylation sites (tertiary alicyclic amines) is 1. The third-order valence-electron chi connectivity index (χ3n) is 4.57. The SMILES string of the molecule is Cc1cccc(OCC2CCCN(C(=O)NCc3ccccc3)C2)c1. The number of urea groups is 1. The van der Waals surface area contributed by atoms with E-state index in [-0.39, 0.29) is 6.03 Å². The smallest absolute Gasteiger partial charge is 0.317 e. The van der Waals surface area contributed by atoms with Crippen molar-refractivity contribution in [1.82, 2.24) is 10.2 Å². The Kier molecular flexibility index (Phi) is 5.94. The second-order valence-electron chi connectivity index (χ2n) is 6.73. The predicted molar refractivity (Wildman–Crippen MR) is 99.6 cm³/mol. The molecular formula is C21H26N2O2. The number of aryl methyl sites for hydroxylation is 1. The van der Waals surface area contributed by atoms with Crippen molar-refractivity contribution in [2.45, 2.75) is 26.3 Å². The van der Waals surface area contributed by atoms with Gasteiger partial charge in [-0.05, 0) is 43.0 Å². The van der Waals surface area contributed by atoms with Gasteiger partial charge in [0.15, 0.2) is 0 Å². The quantitative estimate of drug-likeness (QED) is 0.895. The Hall–Kier alpha value is -2.49. The number of amides is 2. The van der Waals surface area contributed by atoms with Gasteiger partial charge >= 0.3 is 6.03 Å². The molecule has 1 atom stereocenters. The van der Waals surface area contributed by atoms with Crippen molar-refractivity contribution in [3.05, 3.63) is 65.7 Å². The fourth-order valence-electron chi connectivity index (χ4n) is 3.19. The van der Waals surface area contributed by atoms with Crippen LogP contribution in [0.2, 0.25) is 0 Å². The van der Waals surface area contributed by atoms with Gasteiger partial charge in [0.1, 0.15) is 5.75 Å². The Bertz CT molecular complexity index is 687. The zero-order valence-electron chi connectivity index (χ0n) is 14.8. The number of carbonyl (C=O) groups is 1. The molecule has 0 aromatic heterocycles. The van der Waals surface area contributed by atoms with Crippen LogP contribution in [0.1, 0.15) is 24.0 Å². The van der Waals surface area contributed by atoms with E-state index >= 15 is 0 Å². The van der Waals surface area contributed by atoms with Crippen LogP contribution in [0.15, 0.2) is 54.6 Å². The molecule has 0 aliphatic carbocycles. The molecule has 1 unspecified atom stereocenters. The number of ether oxygens (including phenoxy) is 1. The van der Waals surface area contributed by atoms with Gasteiger partial charge in [0.2, 0.25) is 0 Å². The highest BCUT2D eigenvalue weighted by Gasteiger charge is 2.24. The molecule has 0 spiro atoms. The Morgan fingerprint density at radius 2 is 2.04 bits per heavy atom. The number of benzene rings is 2. The zero-order chi connectivity index (χ0) is 17.5. The Labute approximate surface area is 149 Å². The Morgan fingerprint density at radius 3 is 2.84 bits per heavy atom. The molecule has 0 radical (unpaired) electrons. The second-order valence-corrected chi connectivity index (χ2v) is 6.73. The lowest BCUT2D eigenvalue weighted by atomic mass is 9.99. The average Bonchev–Trinajstić information content (AvgIpc) is 2.65. The number of nitrogens with zero attached hydrogens (tertiary/aromatic N) is 1. The number of rotatable bonds is 5. The van der Waals surface area contributed by atoms with Gasteiger partial charge in [-0.15, -0.1) is 0 Å². The van der Waals surface area contributed by atoms with Crippen molar-refractivity contribution < 1.29 is 9.53 Å². The van der Waals surface area contributed by atoms with Crippen LogP contribution < -0.4 is 10.1 Å². The Balaban J connectivity index is 1.46. The van der Waals surface area contributed by atoms with Crippen molar-refractivity contribution in [3.8, 4) is 5.75 Å². The van der Waals surface area contributed by atoms with E-state index in [2.05, 4.69) is 18.3 Å². The molecule has 2 aromatic rings. The molecule has 4 heteroatoms. The summed E-state index contributed by atoms with van der Waals surface area (Å²) >= 11 is 0. The highest BCUT2D eigenvalue weighted by molar-refractivity contribution is 5.74. The number of hydrogen-bond donors (Lipinski definition) is 1. The van der Waals surface area contributed by atoms with Crippen LogP contribution in [0.25, 0.3) is 0 Å². The molecule has 2 amide bonds. The molecule has 2 aromatic carbocycles. The van der Waals surface area contributed by atoms with Gasteiger partial charge in [-0.25, -0.2) is 4.79 Å². The number of carbonyl (C=O) groups excluding carboxylic acids is 1. The van der Waals surface area contributed by atoms with Gasteiger partial charge in [0.05, 0.1) is 6.61 Å². The van der Waals surface area contributed by atoms with Gasteiger partial charge in [-0.3, -0.25) is 0 Å². The van der Waals surface area contributed by atoms with E-state index in [4.69, 9.17) is 4.74 Å². The molecule has 1 aliphatic heterocycles. The molecule has 0 bridgehead atoms. The molecular weight excluding hydrogens is 312 g/mol. The number of hydrogen-bond acceptors (Lipinski definition) is 2. The summed E-state index contributed by atoms with van der Waals surface area (Å²) in [5, 5.41) is 3.02. The highest BCUT2D eigenvalue weighted by atomic mass is 16.5. The van der Waals surface area contributed by atoms with Crippen LogP contribution in [0.5, 0.6) is 5.75 Å². The topological polar surface area (TPSA) is 41.6 Å². The maximum Gasteiger partial charge on any atom is 0.317 e. The first-order valence-corrected chi connectivity index (χ1v) is 8.97. The molecule has 1 aliphatic rings. The molecule has 1 heterocycles. The first-order chi connectivity index (χ1) is 12.2. The van der Waals surface area contributed by atoms with E-state index in [9.17, 15) is 4.79 Å². The van der Waals surface area contributed by atoms with Gasteiger partial charge in [-0.1, -0.05) is 42.5 Å². The molecule has 1 fully saturated rings. The molecule has 25 heavy (non-hydrogen) atoms. The lowest BCUT2D eigenvalue weighted by Gasteiger charge is -2.32. The summed E-state index contributed by atoms with van der Waals surface area (Å²) in [6.45, 7) is 4.87. The maximum absolute atomic E-state index is 12.4. The van der Waals surface area contributed by atoms with Crippen LogP contribution in [0.3, 0.4) is 0 Å². The van der Waals surface area contributed by atoms with Gasteiger partial charge in [0.25, 0.3) is 0 Å². The normalized spacial score (nSPS) is 17.2. The summed E-state index contributed by atoms with van der Waals surface area (Å²) in [6.07, 6.45) is 2.13. The van der Waals surface area contributed by atoms with Crippen molar-refractivity contribution in [1.29, 1.82) is 0 Å². The van der Waals surface area contributed by atoms with E-state index in [0.29, 0.717) is 19.1 Å². The van der Waals surface area contributed by atoms with Crippen molar-refractivity contribution >= 4 is 6.03 Å². The summed E-state index contributed by atoms with van der Waals surface area (Å²) in [4.78, 5) is 14.3. The minimum absolute atomic E-state index is 0.0177. The summed E-state index contributed by atoms with van der Waals surface area (Å²) in [6, 6.07) is 18.1. The second kappa shape index (κ2) is 8.56. The fourth-order valence-corrected chi connectivity index (χ4v) is 3.19. The average molecular weight is 338 g/mol. The van der Waals surface area contributed by atoms with Crippen molar-refractivity contribution in [3.63, 3.8) is 0 Å². The monoisotopic (exact) mass is 338 g/mol. The van der Waals surface area contributed by atoms with E-state index in [1.165, 1.54) is 5.56 Å². The lowest BCUT2D eigenvalue weighted by molar-refractivity contribution is 0.137. The van der Waals surface area contributed by atoms with Crippen LogP contribution in [-0.4, -0.2) is 30.6 Å². The van der Waals surface area contributed by atoms with E-state index in [1.54, 1.807) is 0 Å². The van der Waals surface area contributed by atoms with Crippen molar-refractivity contribution in [2.75, 3.05) is 19.7 Å². The largest absolute Gasteiger partial charge is 0.493 e. The van der Waals surface area contributed by atoms with Gasteiger partial charge < -0.3 is 15.0 Å². The van der Waals surface area contributed by atoms with Gasteiger partial charge in [-0.2, -0.15) is 0 Å². The summed E-state index contributed by atoms with van der Waals surface area (Å²) < 4.78 is 5.93. The highest BCUT2D eigenvalue weighted by Crippen LogP contribution is 2.19. The molecule has 1 saturated heterocycles. The molecule has 3 rings (SSSR count). The number of nitrogens with one attached hydrogen (secondary N) is 1. The molecule has 132 valence electrons. The summed E-state index contributed by atoms with van der Waals surface area (Å²) in [7, 11) is 0. The van der Waals surface area contributed by atoms with Gasteiger partial charge in [0, 0.05) is 25.6 Å². The number of piperidine rings is 1. The summed E-state index contributed by atoms with van der Waals surface area (Å²) in [5.74, 6) is 1.29. The molecule has 0 saturated carbocycles. The third kappa shape index (κ3) is 5.24. The first kappa shape index (κ1) is 17.3. The van der Waals surface area contributed by atoms with E-state index in [0.717, 1.165) is 37.2 Å².